The number of aryl methyl sites for hydroxylation is 2. The van der Waals surface area contributed by atoms with Gasteiger partial charge in [0.25, 0.3) is 0 Å². The molecule has 0 radical (unpaired) electrons. The van der Waals surface area contributed by atoms with Crippen molar-refractivity contribution in [2.45, 2.75) is 26.7 Å². The fourth-order valence-electron chi connectivity index (χ4n) is 6.33. The van der Waals surface area contributed by atoms with Crippen LogP contribution in [-0.2, 0) is 42.5 Å². The van der Waals surface area contributed by atoms with E-state index in [0.29, 0.717) is 55.7 Å². The quantitative estimate of drug-likeness (QED) is 0.137. The third-order valence-electron chi connectivity index (χ3n) is 9.54. The van der Waals surface area contributed by atoms with Gasteiger partial charge in [-0.2, -0.15) is 0 Å². The van der Waals surface area contributed by atoms with Gasteiger partial charge in [-0.15, -0.1) is 0 Å². The van der Waals surface area contributed by atoms with Crippen molar-refractivity contribution in [3.8, 4) is 11.5 Å². The predicted molar refractivity (Wildman–Crippen MR) is 225 cm³/mol. The molecule has 0 fully saturated rings. The first-order valence-corrected chi connectivity index (χ1v) is 21.5. The van der Waals surface area contributed by atoms with Crippen molar-refractivity contribution < 1.29 is 40.0 Å². The van der Waals surface area contributed by atoms with E-state index < -0.39 is 54.6 Å². The molecule has 0 saturated carbocycles. The lowest BCUT2D eigenvalue weighted by atomic mass is 9.99. The molecule has 0 unspecified atom stereocenters. The van der Waals surface area contributed by atoms with Crippen molar-refractivity contribution in [1.82, 2.24) is 9.80 Å². The standard InChI is InChI=1S/C42H42N4O11S2/c1-25-33-15-13-31(21-37(33)56-41(49)35(25)19-27-9-7-11-29(17-27)43-58(51,52)23-39(47)45(3)4)55-32-14-16-34-26(2)36(42(50)57-38(34)22-32)20-28-10-8-12-30(18-28)44-59(53,54)24-40(48)46(5)6/h7-18,21-22,43-44H,19-20,23-24H2,1-6H3. The highest BCUT2D eigenvalue weighted by Gasteiger charge is 2.21. The zero-order valence-electron chi connectivity index (χ0n) is 33.1. The fourth-order valence-corrected chi connectivity index (χ4v) is 8.62. The summed E-state index contributed by atoms with van der Waals surface area (Å²) >= 11 is 0. The number of sulfonamides is 2. The molecule has 0 aliphatic carbocycles. The number of carbonyl (C=O) groups excluding carboxylic acids is 2. The van der Waals surface area contributed by atoms with Gasteiger partial charge in [0.15, 0.2) is 0 Å². The largest absolute Gasteiger partial charge is 0.457 e. The molecule has 6 rings (SSSR count). The molecule has 17 heteroatoms. The smallest absolute Gasteiger partial charge is 0.340 e. The van der Waals surface area contributed by atoms with Crippen molar-refractivity contribution >= 4 is 65.2 Å². The summed E-state index contributed by atoms with van der Waals surface area (Å²) in [6, 6.07) is 23.2. The Balaban J connectivity index is 1.18. The molecule has 6 aromatic rings. The van der Waals surface area contributed by atoms with E-state index in [4.69, 9.17) is 13.6 Å². The number of benzene rings is 4. The molecule has 308 valence electrons. The molecule has 4 aromatic carbocycles. The molecule has 2 N–H and O–H groups in total. The lowest BCUT2D eigenvalue weighted by Crippen LogP contribution is -2.32. The first kappa shape index (κ1) is 42.2. The highest BCUT2D eigenvalue weighted by atomic mass is 32.2. The highest BCUT2D eigenvalue weighted by Crippen LogP contribution is 2.31. The van der Waals surface area contributed by atoms with Crippen LogP contribution in [0.3, 0.4) is 0 Å². The average molecular weight is 843 g/mol. The summed E-state index contributed by atoms with van der Waals surface area (Å²) in [5.41, 5.74) is 3.36. The van der Waals surface area contributed by atoms with Crippen LogP contribution in [0.2, 0.25) is 0 Å². The second-order valence-electron chi connectivity index (χ2n) is 14.5. The maximum Gasteiger partial charge on any atom is 0.340 e. The van der Waals surface area contributed by atoms with Gasteiger partial charge in [0.2, 0.25) is 31.9 Å². The summed E-state index contributed by atoms with van der Waals surface area (Å²) < 4.78 is 72.5. The maximum atomic E-state index is 13.3. The van der Waals surface area contributed by atoms with Crippen LogP contribution < -0.4 is 25.4 Å². The second kappa shape index (κ2) is 16.8. The second-order valence-corrected chi connectivity index (χ2v) is 17.9. The van der Waals surface area contributed by atoms with Gasteiger partial charge in [0, 0.05) is 86.4 Å². The van der Waals surface area contributed by atoms with E-state index in [0.717, 1.165) is 0 Å². The number of nitrogens with one attached hydrogen (secondary N) is 2. The number of fused-ring (bicyclic) bond motifs is 2. The topological polar surface area (TPSA) is 203 Å². The molecule has 2 aromatic heterocycles. The van der Waals surface area contributed by atoms with Crippen LogP contribution in [0.15, 0.2) is 103 Å². The molecule has 0 atom stereocenters. The summed E-state index contributed by atoms with van der Waals surface area (Å²) in [6.07, 6.45) is 0.318. The lowest BCUT2D eigenvalue weighted by Gasteiger charge is -2.13. The summed E-state index contributed by atoms with van der Waals surface area (Å²) in [5, 5.41) is 1.34. The minimum Gasteiger partial charge on any atom is -0.457 e. The molecule has 0 aliphatic rings. The summed E-state index contributed by atoms with van der Waals surface area (Å²) in [4.78, 5) is 52.8. The molecular weight excluding hydrogens is 801 g/mol. The summed E-state index contributed by atoms with van der Waals surface area (Å²) in [6.45, 7) is 3.59. The normalized spacial score (nSPS) is 11.7. The fraction of sp³-hybridized carbons (Fsp3) is 0.238. The van der Waals surface area contributed by atoms with Gasteiger partial charge in [-0.1, -0.05) is 24.3 Å². The number of carbonyl (C=O) groups is 2. The van der Waals surface area contributed by atoms with Crippen LogP contribution in [-0.4, -0.2) is 78.1 Å². The highest BCUT2D eigenvalue weighted by molar-refractivity contribution is 7.93. The lowest BCUT2D eigenvalue weighted by molar-refractivity contribution is -0.126. The molecule has 2 amide bonds. The third kappa shape index (κ3) is 10.2. The van der Waals surface area contributed by atoms with E-state index in [-0.39, 0.29) is 35.4 Å². The third-order valence-corrected chi connectivity index (χ3v) is 11.9. The number of nitrogens with zero attached hydrogens (tertiary/aromatic N) is 2. The molecule has 59 heavy (non-hydrogen) atoms. The molecule has 0 spiro atoms. The predicted octanol–water partition coefficient (Wildman–Crippen LogP) is 5.15. The van der Waals surface area contributed by atoms with Crippen LogP contribution >= 0.6 is 0 Å². The molecule has 0 saturated heterocycles. The maximum absolute atomic E-state index is 13.3. The molecular formula is C42H42N4O11S2. The van der Waals surface area contributed by atoms with Gasteiger partial charge in [-0.3, -0.25) is 19.0 Å². The minimum atomic E-state index is -3.95. The molecule has 15 nitrogen and oxygen atoms in total. The first-order valence-electron chi connectivity index (χ1n) is 18.2. The number of rotatable bonds is 14. The van der Waals surface area contributed by atoms with Gasteiger partial charge in [-0.25, -0.2) is 26.4 Å². The molecule has 0 aliphatic heterocycles. The van der Waals surface area contributed by atoms with E-state index in [1.807, 2.05) is 0 Å². The van der Waals surface area contributed by atoms with Crippen LogP contribution in [0.5, 0.6) is 11.5 Å². The SMILES string of the molecule is Cc1c(Cc2cccc(NS(=O)(=O)CC(=O)N(C)C)c2)c(=O)oc2cc(Oc3ccc4c(C)c(Cc5cccc(NS(=O)(=O)CC(=O)N(C)C)c5)c(=O)oc4c3)ccc12. The Morgan fingerprint density at radius 2 is 0.983 bits per heavy atom. The van der Waals surface area contributed by atoms with E-state index in [2.05, 4.69) is 9.44 Å². The Bertz CT molecular complexity index is 2770. The number of hydrogen-bond donors (Lipinski definition) is 2. The van der Waals surface area contributed by atoms with Gasteiger partial charge in [-0.05, 0) is 84.6 Å². The summed E-state index contributed by atoms with van der Waals surface area (Å²) in [5.74, 6) is -1.83. The van der Waals surface area contributed by atoms with Crippen molar-refractivity contribution in [3.63, 3.8) is 0 Å². The van der Waals surface area contributed by atoms with E-state index in [1.165, 1.54) is 38.0 Å². The molecule has 0 bridgehead atoms. The van der Waals surface area contributed by atoms with Crippen LogP contribution in [0.4, 0.5) is 11.4 Å². The number of anilines is 2. The van der Waals surface area contributed by atoms with Crippen molar-refractivity contribution in [3.05, 3.63) is 139 Å². The Hall–Kier alpha value is -6.46. The zero-order chi connectivity index (χ0) is 42.8. The van der Waals surface area contributed by atoms with E-state index in [1.54, 1.807) is 98.8 Å². The molecule has 2 heterocycles. The summed E-state index contributed by atoms with van der Waals surface area (Å²) in [7, 11) is -2.02. The number of ether oxygens (including phenoxy) is 1. The Morgan fingerprint density at radius 3 is 1.36 bits per heavy atom. The van der Waals surface area contributed by atoms with Crippen LogP contribution in [0, 0.1) is 13.8 Å². The zero-order valence-corrected chi connectivity index (χ0v) is 34.7. The monoisotopic (exact) mass is 842 g/mol. The number of hydrogen-bond acceptors (Lipinski definition) is 11. The van der Waals surface area contributed by atoms with E-state index in [9.17, 15) is 36.0 Å². The van der Waals surface area contributed by atoms with Crippen LogP contribution in [0.25, 0.3) is 21.9 Å². The van der Waals surface area contributed by atoms with Crippen molar-refractivity contribution in [2.75, 3.05) is 49.1 Å². The van der Waals surface area contributed by atoms with Crippen LogP contribution in [0.1, 0.15) is 33.4 Å². The van der Waals surface area contributed by atoms with Gasteiger partial charge >= 0.3 is 11.3 Å². The van der Waals surface area contributed by atoms with Gasteiger partial charge in [0.05, 0.1) is 0 Å². The van der Waals surface area contributed by atoms with Crippen molar-refractivity contribution in [1.29, 1.82) is 0 Å². The number of amides is 2. The average Bonchev–Trinajstić information content (AvgIpc) is 3.14. The first-order chi connectivity index (χ1) is 27.8. The Morgan fingerprint density at radius 1 is 0.593 bits per heavy atom. The Labute approximate surface area is 340 Å². The minimum absolute atomic E-state index is 0.159. The van der Waals surface area contributed by atoms with Gasteiger partial charge in [0.1, 0.15) is 34.2 Å². The van der Waals surface area contributed by atoms with Crippen molar-refractivity contribution in [2.24, 2.45) is 0 Å². The Kier molecular flexibility index (Phi) is 12.0. The van der Waals surface area contributed by atoms with E-state index >= 15 is 0 Å². The van der Waals surface area contributed by atoms with Gasteiger partial charge < -0.3 is 23.4 Å².